The summed E-state index contributed by atoms with van der Waals surface area (Å²) in [5, 5.41) is 4.87. The van der Waals surface area contributed by atoms with Crippen molar-refractivity contribution in [3.05, 3.63) is 77.8 Å². The van der Waals surface area contributed by atoms with Crippen LogP contribution in [0.25, 0.3) is 0 Å². The first-order valence-corrected chi connectivity index (χ1v) is 7.23. The Hall–Kier alpha value is -3.49. The molecule has 0 spiro atoms. The van der Waals surface area contributed by atoms with Crippen LogP contribution in [-0.2, 0) is 0 Å². The Kier molecular flexibility index (Phi) is 4.78. The van der Waals surface area contributed by atoms with Gasteiger partial charge in [0.25, 0.3) is 5.91 Å². The van der Waals surface area contributed by atoms with Crippen LogP contribution in [0, 0.1) is 23.3 Å². The highest BCUT2D eigenvalue weighted by atomic mass is 19.2. The van der Waals surface area contributed by atoms with E-state index in [1.807, 2.05) is 0 Å². The third-order valence-electron chi connectivity index (χ3n) is 3.28. The van der Waals surface area contributed by atoms with Crippen LogP contribution in [0.4, 0.5) is 34.8 Å². The maximum atomic E-state index is 13.6. The Morgan fingerprint density at radius 3 is 2.50 bits per heavy atom. The van der Waals surface area contributed by atoms with Crippen LogP contribution in [0.1, 0.15) is 10.5 Å². The molecule has 26 heavy (non-hydrogen) atoms. The van der Waals surface area contributed by atoms with E-state index in [2.05, 4.69) is 20.6 Å². The topological polar surface area (TPSA) is 66.9 Å². The van der Waals surface area contributed by atoms with E-state index in [0.717, 1.165) is 12.4 Å². The van der Waals surface area contributed by atoms with Crippen LogP contribution < -0.4 is 10.6 Å². The second kappa shape index (κ2) is 7.18. The van der Waals surface area contributed by atoms with E-state index in [-0.39, 0.29) is 11.5 Å². The van der Waals surface area contributed by atoms with Crippen molar-refractivity contribution in [2.24, 2.45) is 0 Å². The highest BCUT2D eigenvalue weighted by Gasteiger charge is 2.17. The van der Waals surface area contributed by atoms with Gasteiger partial charge in [-0.3, -0.25) is 4.79 Å². The van der Waals surface area contributed by atoms with Crippen molar-refractivity contribution in [1.82, 2.24) is 9.97 Å². The summed E-state index contributed by atoms with van der Waals surface area (Å²) in [5.41, 5.74) is -0.308. The molecule has 3 rings (SSSR count). The van der Waals surface area contributed by atoms with Gasteiger partial charge in [0, 0.05) is 11.8 Å². The highest BCUT2D eigenvalue weighted by Crippen LogP contribution is 2.21. The molecule has 132 valence electrons. The Morgan fingerprint density at radius 2 is 1.73 bits per heavy atom. The van der Waals surface area contributed by atoms with Crippen LogP contribution in [0.15, 0.2) is 48.8 Å². The van der Waals surface area contributed by atoms with Crippen LogP contribution >= 0.6 is 0 Å². The molecular weight excluding hydrogens is 352 g/mol. The number of rotatable bonds is 4. The SMILES string of the molecule is O=C(Nc1ccc(F)c(F)c1F)c1cc(Nc2cccc(F)c2)ncn1. The first kappa shape index (κ1) is 17.3. The van der Waals surface area contributed by atoms with Crippen molar-refractivity contribution in [1.29, 1.82) is 0 Å². The van der Waals surface area contributed by atoms with Gasteiger partial charge in [-0.25, -0.2) is 27.5 Å². The number of carbonyl (C=O) groups is 1. The Bertz CT molecular complexity index is 981. The average molecular weight is 362 g/mol. The Morgan fingerprint density at radius 1 is 0.923 bits per heavy atom. The maximum Gasteiger partial charge on any atom is 0.274 e. The minimum Gasteiger partial charge on any atom is -0.340 e. The summed E-state index contributed by atoms with van der Waals surface area (Å²) in [4.78, 5) is 19.8. The minimum atomic E-state index is -1.70. The number of carbonyl (C=O) groups excluding carboxylic acids is 1. The molecule has 0 atom stereocenters. The smallest absolute Gasteiger partial charge is 0.274 e. The van der Waals surface area contributed by atoms with Gasteiger partial charge >= 0.3 is 0 Å². The number of hydrogen-bond acceptors (Lipinski definition) is 4. The summed E-state index contributed by atoms with van der Waals surface area (Å²) in [6.45, 7) is 0. The van der Waals surface area contributed by atoms with Gasteiger partial charge in [0.05, 0.1) is 5.69 Å². The van der Waals surface area contributed by atoms with E-state index in [0.29, 0.717) is 11.8 Å². The molecule has 0 unspecified atom stereocenters. The molecule has 0 saturated carbocycles. The fourth-order valence-electron chi connectivity index (χ4n) is 2.07. The lowest BCUT2D eigenvalue weighted by Crippen LogP contribution is -2.16. The van der Waals surface area contributed by atoms with Gasteiger partial charge in [-0.1, -0.05) is 6.07 Å². The van der Waals surface area contributed by atoms with Crippen LogP contribution in [0.3, 0.4) is 0 Å². The minimum absolute atomic E-state index is 0.164. The van der Waals surface area contributed by atoms with E-state index in [4.69, 9.17) is 0 Å². The molecule has 0 fully saturated rings. The quantitative estimate of drug-likeness (QED) is 0.543. The van der Waals surface area contributed by atoms with Crippen molar-refractivity contribution >= 4 is 23.1 Å². The van der Waals surface area contributed by atoms with Crippen molar-refractivity contribution in [2.75, 3.05) is 10.6 Å². The third-order valence-corrected chi connectivity index (χ3v) is 3.28. The van der Waals surface area contributed by atoms with Gasteiger partial charge in [0.1, 0.15) is 23.7 Å². The molecule has 1 heterocycles. The van der Waals surface area contributed by atoms with Crippen molar-refractivity contribution in [3.8, 4) is 0 Å². The summed E-state index contributed by atoms with van der Waals surface area (Å²) in [7, 11) is 0. The predicted molar refractivity (Wildman–Crippen MR) is 86.0 cm³/mol. The summed E-state index contributed by atoms with van der Waals surface area (Å²) < 4.78 is 53.0. The largest absolute Gasteiger partial charge is 0.340 e. The van der Waals surface area contributed by atoms with Crippen LogP contribution in [-0.4, -0.2) is 15.9 Å². The van der Waals surface area contributed by atoms with E-state index in [1.54, 1.807) is 6.07 Å². The molecule has 0 saturated heterocycles. The first-order valence-electron chi connectivity index (χ1n) is 7.23. The number of nitrogens with one attached hydrogen (secondary N) is 2. The van der Waals surface area contributed by atoms with Gasteiger partial charge in [-0.05, 0) is 30.3 Å². The first-order chi connectivity index (χ1) is 12.4. The number of halogens is 4. The van der Waals surface area contributed by atoms with Gasteiger partial charge in [0.15, 0.2) is 17.5 Å². The normalized spacial score (nSPS) is 10.5. The zero-order valence-corrected chi connectivity index (χ0v) is 12.9. The molecule has 1 amide bonds. The fourth-order valence-corrected chi connectivity index (χ4v) is 2.07. The van der Waals surface area contributed by atoms with E-state index in [9.17, 15) is 22.4 Å². The summed E-state index contributed by atoms with van der Waals surface area (Å²) >= 11 is 0. The molecule has 9 heteroatoms. The number of anilines is 3. The number of hydrogen-bond donors (Lipinski definition) is 2. The zero-order chi connectivity index (χ0) is 18.7. The van der Waals surface area contributed by atoms with Crippen LogP contribution in [0.5, 0.6) is 0 Å². The zero-order valence-electron chi connectivity index (χ0n) is 12.9. The Labute approximate surface area is 144 Å². The third kappa shape index (κ3) is 3.77. The molecule has 0 aliphatic heterocycles. The number of amides is 1. The second-order valence-electron chi connectivity index (χ2n) is 5.10. The molecule has 2 N–H and O–H groups in total. The standard InChI is InChI=1S/C17H10F4N4O/c18-9-2-1-3-10(6-9)24-14-7-13(22-8-23-14)17(26)25-12-5-4-11(19)15(20)16(12)21/h1-8H,(H,25,26)(H,22,23,24). The molecule has 0 bridgehead atoms. The van der Waals surface area contributed by atoms with Gasteiger partial charge in [-0.2, -0.15) is 0 Å². The summed E-state index contributed by atoms with van der Waals surface area (Å²) in [5.74, 6) is -5.73. The second-order valence-corrected chi connectivity index (χ2v) is 5.10. The molecule has 5 nitrogen and oxygen atoms in total. The average Bonchev–Trinajstić information content (AvgIpc) is 2.62. The van der Waals surface area contributed by atoms with Crippen molar-refractivity contribution in [2.45, 2.75) is 0 Å². The lowest BCUT2D eigenvalue weighted by Gasteiger charge is -2.09. The van der Waals surface area contributed by atoms with Gasteiger partial charge < -0.3 is 10.6 Å². The molecule has 1 aromatic heterocycles. The lowest BCUT2D eigenvalue weighted by molar-refractivity contribution is 0.102. The maximum absolute atomic E-state index is 13.6. The van der Waals surface area contributed by atoms with Gasteiger partial charge in [-0.15, -0.1) is 0 Å². The molecule has 0 aliphatic rings. The summed E-state index contributed by atoms with van der Waals surface area (Å²) in [6.07, 6.45) is 1.07. The highest BCUT2D eigenvalue weighted by molar-refractivity contribution is 6.03. The predicted octanol–water partition coefficient (Wildman–Crippen LogP) is 4.03. The monoisotopic (exact) mass is 362 g/mol. The van der Waals surface area contributed by atoms with Crippen LogP contribution in [0.2, 0.25) is 0 Å². The number of benzene rings is 2. The molecular formula is C17H10F4N4O. The lowest BCUT2D eigenvalue weighted by atomic mass is 10.2. The summed E-state index contributed by atoms with van der Waals surface area (Å²) in [6, 6.07) is 8.36. The molecule has 3 aromatic rings. The molecule has 2 aromatic carbocycles. The Balaban J connectivity index is 1.79. The van der Waals surface area contributed by atoms with Crippen molar-refractivity contribution < 1.29 is 22.4 Å². The fraction of sp³-hybridized carbons (Fsp3) is 0. The molecule has 0 radical (unpaired) electrons. The van der Waals surface area contributed by atoms with E-state index in [1.165, 1.54) is 24.3 Å². The molecule has 0 aliphatic carbocycles. The van der Waals surface area contributed by atoms with E-state index < -0.39 is 34.9 Å². The van der Waals surface area contributed by atoms with Gasteiger partial charge in [0.2, 0.25) is 0 Å². The van der Waals surface area contributed by atoms with E-state index >= 15 is 0 Å². The van der Waals surface area contributed by atoms with Crippen molar-refractivity contribution in [3.63, 3.8) is 0 Å². The number of nitrogens with zero attached hydrogens (tertiary/aromatic N) is 2. The number of aromatic nitrogens is 2.